The molecule has 1 rings (SSSR count). The normalized spacial score (nSPS) is 10.3. The Morgan fingerprint density at radius 2 is 2.40 bits per heavy atom. The molecule has 0 unspecified atom stereocenters. The molecule has 1 aromatic rings. The summed E-state index contributed by atoms with van der Waals surface area (Å²) < 4.78 is 5.84. The van der Waals surface area contributed by atoms with Gasteiger partial charge in [0.05, 0.1) is 6.61 Å². The highest BCUT2D eigenvalue weighted by Gasteiger charge is 2.17. The number of hydrogen-bond acceptors (Lipinski definition) is 3. The van der Waals surface area contributed by atoms with Gasteiger partial charge in [-0.15, -0.1) is 11.3 Å². The third-order valence-corrected chi connectivity index (χ3v) is 3.87. The van der Waals surface area contributed by atoms with Crippen molar-refractivity contribution in [1.29, 1.82) is 0 Å². The molecular formula is C10H14BrNO2S. The minimum Gasteiger partial charge on any atom is -0.383 e. The highest BCUT2D eigenvalue weighted by atomic mass is 79.9. The van der Waals surface area contributed by atoms with Gasteiger partial charge in [0.1, 0.15) is 4.88 Å². The van der Waals surface area contributed by atoms with Crippen LogP contribution >= 0.6 is 27.3 Å². The van der Waals surface area contributed by atoms with Crippen molar-refractivity contribution in [2.75, 3.05) is 26.8 Å². The van der Waals surface area contributed by atoms with Crippen LogP contribution < -0.4 is 0 Å². The smallest absolute Gasteiger partial charge is 0.265 e. The third-order valence-electron chi connectivity index (χ3n) is 2.05. The Balaban J connectivity index is 2.69. The van der Waals surface area contributed by atoms with Gasteiger partial charge in [-0.05, 0) is 34.3 Å². The zero-order valence-electron chi connectivity index (χ0n) is 8.83. The maximum absolute atomic E-state index is 12.0. The van der Waals surface area contributed by atoms with Gasteiger partial charge in [0.15, 0.2) is 0 Å². The summed E-state index contributed by atoms with van der Waals surface area (Å²) in [5.74, 6) is 0.0661. The summed E-state index contributed by atoms with van der Waals surface area (Å²) in [6, 6.07) is 1.89. The van der Waals surface area contributed by atoms with Gasteiger partial charge in [-0.1, -0.05) is 0 Å². The molecule has 0 aliphatic carbocycles. The number of halogens is 1. The molecule has 0 atom stereocenters. The van der Waals surface area contributed by atoms with Crippen molar-refractivity contribution in [2.24, 2.45) is 0 Å². The first-order valence-corrected chi connectivity index (χ1v) is 6.39. The van der Waals surface area contributed by atoms with Crippen molar-refractivity contribution < 1.29 is 9.53 Å². The Morgan fingerprint density at radius 3 is 2.87 bits per heavy atom. The van der Waals surface area contributed by atoms with E-state index in [0.717, 1.165) is 9.35 Å². The number of methoxy groups -OCH3 is 1. The molecule has 0 aromatic carbocycles. The highest BCUT2D eigenvalue weighted by Crippen LogP contribution is 2.24. The lowest BCUT2D eigenvalue weighted by Crippen LogP contribution is -2.33. The average molecular weight is 292 g/mol. The summed E-state index contributed by atoms with van der Waals surface area (Å²) in [5, 5.41) is 1.90. The first-order valence-electron chi connectivity index (χ1n) is 4.72. The van der Waals surface area contributed by atoms with Crippen LogP contribution in [0, 0.1) is 0 Å². The van der Waals surface area contributed by atoms with Crippen molar-refractivity contribution in [3.63, 3.8) is 0 Å². The molecule has 0 radical (unpaired) electrons. The summed E-state index contributed by atoms with van der Waals surface area (Å²) >= 11 is 4.82. The predicted molar refractivity (Wildman–Crippen MR) is 65.5 cm³/mol. The molecular weight excluding hydrogens is 278 g/mol. The Bertz CT molecular complexity index is 327. The topological polar surface area (TPSA) is 29.5 Å². The van der Waals surface area contributed by atoms with E-state index in [0.29, 0.717) is 19.7 Å². The van der Waals surface area contributed by atoms with Gasteiger partial charge in [-0.25, -0.2) is 0 Å². The van der Waals surface area contributed by atoms with Crippen LogP contribution in [0.25, 0.3) is 0 Å². The number of ether oxygens (including phenoxy) is 1. The zero-order chi connectivity index (χ0) is 11.3. The number of nitrogens with zero attached hydrogens (tertiary/aromatic N) is 1. The van der Waals surface area contributed by atoms with Crippen molar-refractivity contribution in [3.8, 4) is 0 Å². The van der Waals surface area contributed by atoms with Crippen LogP contribution in [-0.4, -0.2) is 37.6 Å². The van der Waals surface area contributed by atoms with Crippen LogP contribution in [0.5, 0.6) is 0 Å². The number of carbonyl (C=O) groups is 1. The molecule has 1 amide bonds. The number of likely N-dealkylation sites (N-methyl/N-ethyl adjacent to an activating group) is 1. The second kappa shape index (κ2) is 6.25. The molecule has 84 valence electrons. The van der Waals surface area contributed by atoms with E-state index in [1.54, 1.807) is 12.0 Å². The molecule has 0 bridgehead atoms. The molecule has 0 spiro atoms. The molecule has 1 aromatic heterocycles. The molecule has 5 heteroatoms. The zero-order valence-corrected chi connectivity index (χ0v) is 11.2. The van der Waals surface area contributed by atoms with Gasteiger partial charge in [-0.3, -0.25) is 4.79 Å². The van der Waals surface area contributed by atoms with E-state index >= 15 is 0 Å². The van der Waals surface area contributed by atoms with Crippen LogP contribution in [0.1, 0.15) is 16.6 Å². The Kier molecular flexibility index (Phi) is 5.28. The summed E-state index contributed by atoms with van der Waals surface area (Å²) in [5.41, 5.74) is 0. The molecule has 3 nitrogen and oxygen atoms in total. The van der Waals surface area contributed by atoms with E-state index in [1.807, 2.05) is 18.4 Å². The monoisotopic (exact) mass is 291 g/mol. The maximum Gasteiger partial charge on any atom is 0.265 e. The molecule has 0 N–H and O–H groups in total. The van der Waals surface area contributed by atoms with E-state index in [-0.39, 0.29) is 5.91 Å². The first kappa shape index (κ1) is 12.7. The molecule has 0 aliphatic heterocycles. The van der Waals surface area contributed by atoms with Crippen molar-refractivity contribution >= 4 is 33.2 Å². The number of hydrogen-bond donors (Lipinski definition) is 0. The second-order valence-corrected chi connectivity index (χ2v) is 4.75. The summed E-state index contributed by atoms with van der Waals surface area (Å²) in [7, 11) is 1.64. The van der Waals surface area contributed by atoms with Crippen LogP contribution in [0.4, 0.5) is 0 Å². The minimum absolute atomic E-state index is 0.0661. The van der Waals surface area contributed by atoms with Crippen LogP contribution in [-0.2, 0) is 4.74 Å². The third kappa shape index (κ3) is 3.29. The van der Waals surface area contributed by atoms with Gasteiger partial charge in [-0.2, -0.15) is 0 Å². The van der Waals surface area contributed by atoms with Crippen molar-refractivity contribution in [2.45, 2.75) is 6.92 Å². The van der Waals surface area contributed by atoms with E-state index in [1.165, 1.54) is 11.3 Å². The quantitative estimate of drug-likeness (QED) is 0.835. The fourth-order valence-corrected chi connectivity index (χ4v) is 2.70. The number of carbonyl (C=O) groups excluding carboxylic acids is 1. The first-order chi connectivity index (χ1) is 7.20. The van der Waals surface area contributed by atoms with E-state index in [9.17, 15) is 4.79 Å². The van der Waals surface area contributed by atoms with Crippen molar-refractivity contribution in [3.05, 3.63) is 20.8 Å². The number of amides is 1. The summed E-state index contributed by atoms with van der Waals surface area (Å²) in [6.07, 6.45) is 0. The van der Waals surface area contributed by atoms with Crippen LogP contribution in [0.2, 0.25) is 0 Å². The van der Waals surface area contributed by atoms with E-state index in [2.05, 4.69) is 15.9 Å². The largest absolute Gasteiger partial charge is 0.383 e. The Labute approximate surface area is 102 Å². The number of thiophene rings is 1. The van der Waals surface area contributed by atoms with Crippen LogP contribution in [0.3, 0.4) is 0 Å². The molecule has 0 saturated heterocycles. The van der Waals surface area contributed by atoms with Gasteiger partial charge >= 0.3 is 0 Å². The number of rotatable bonds is 5. The molecule has 1 heterocycles. The lowest BCUT2D eigenvalue weighted by molar-refractivity contribution is 0.0710. The highest BCUT2D eigenvalue weighted by molar-refractivity contribution is 9.10. The fraction of sp³-hybridized carbons (Fsp3) is 0.500. The molecule has 0 aliphatic rings. The summed E-state index contributed by atoms with van der Waals surface area (Å²) in [6.45, 7) is 3.88. The maximum atomic E-state index is 12.0. The van der Waals surface area contributed by atoms with Gasteiger partial charge in [0.2, 0.25) is 0 Å². The fourth-order valence-electron chi connectivity index (χ4n) is 1.19. The SMILES string of the molecule is CCN(CCOC)C(=O)c1sccc1Br. The van der Waals surface area contributed by atoms with Crippen LogP contribution in [0.15, 0.2) is 15.9 Å². The van der Waals surface area contributed by atoms with Crippen molar-refractivity contribution in [1.82, 2.24) is 4.90 Å². The molecule has 15 heavy (non-hydrogen) atoms. The predicted octanol–water partition coefficient (Wildman–Crippen LogP) is 2.62. The van der Waals surface area contributed by atoms with Gasteiger partial charge in [0, 0.05) is 24.7 Å². The molecule has 0 fully saturated rings. The summed E-state index contributed by atoms with van der Waals surface area (Å²) in [4.78, 5) is 14.5. The minimum atomic E-state index is 0.0661. The molecule has 0 saturated carbocycles. The van der Waals surface area contributed by atoms with E-state index < -0.39 is 0 Å². The van der Waals surface area contributed by atoms with Gasteiger partial charge < -0.3 is 9.64 Å². The lowest BCUT2D eigenvalue weighted by Gasteiger charge is -2.19. The average Bonchev–Trinajstić information content (AvgIpc) is 2.65. The van der Waals surface area contributed by atoms with Gasteiger partial charge in [0.25, 0.3) is 5.91 Å². The Hall–Kier alpha value is -0.390. The Morgan fingerprint density at radius 1 is 1.67 bits per heavy atom. The lowest BCUT2D eigenvalue weighted by atomic mass is 10.4. The standard InChI is InChI=1S/C10H14BrNO2S/c1-3-12(5-6-14-2)10(13)9-8(11)4-7-15-9/h4,7H,3,5-6H2,1-2H3. The second-order valence-electron chi connectivity index (χ2n) is 2.98. The van der Waals surface area contributed by atoms with E-state index in [4.69, 9.17) is 4.74 Å².